The summed E-state index contributed by atoms with van der Waals surface area (Å²) in [5, 5.41) is 9.12. The third-order valence-electron chi connectivity index (χ3n) is 6.13. The Labute approximate surface area is 184 Å². The molecule has 0 aromatic heterocycles. The van der Waals surface area contributed by atoms with Gasteiger partial charge in [-0.2, -0.15) is 0 Å². The van der Waals surface area contributed by atoms with Crippen LogP contribution in [0.4, 0.5) is 0 Å². The maximum Gasteiger partial charge on any atom is 0.341 e. The molecule has 1 N–H and O–H groups in total. The molecule has 0 amide bonds. The molecule has 0 saturated carbocycles. The highest BCUT2D eigenvalue weighted by Crippen LogP contribution is 2.49. The summed E-state index contributed by atoms with van der Waals surface area (Å²) in [4.78, 5) is 11.1. The fourth-order valence-corrected chi connectivity index (χ4v) is 4.59. The standard InChI is InChI=1S/C26H32O5/c1-15(2)21-13-22(19-11-10-16(3)12-17(19)4)18(5)31-25(21)20-8-7-9-23(29-6)26(20)30-14-24(27)28/h7-12,18,21-22,25H,1,13-14H2,2-6H3,(H,27,28)/t18-,21-,22-,25+/m0/s1. The maximum absolute atomic E-state index is 11.1. The van der Waals surface area contributed by atoms with Gasteiger partial charge in [0.25, 0.3) is 0 Å². The zero-order chi connectivity index (χ0) is 22.7. The van der Waals surface area contributed by atoms with Crippen LogP contribution in [0.2, 0.25) is 0 Å². The minimum atomic E-state index is -1.04. The van der Waals surface area contributed by atoms with Crippen LogP contribution in [0.1, 0.15) is 54.5 Å². The summed E-state index contributed by atoms with van der Waals surface area (Å²) in [6.07, 6.45) is 0.564. The molecule has 31 heavy (non-hydrogen) atoms. The van der Waals surface area contributed by atoms with Crippen LogP contribution >= 0.6 is 0 Å². The van der Waals surface area contributed by atoms with Crippen molar-refractivity contribution in [1.82, 2.24) is 0 Å². The highest BCUT2D eigenvalue weighted by atomic mass is 16.5. The Balaban J connectivity index is 1.99. The summed E-state index contributed by atoms with van der Waals surface area (Å²) in [6.45, 7) is 12.2. The SMILES string of the molecule is C=C(C)[C@@H]1C[C@H](c2ccc(C)cc2C)[C@H](C)O[C@@H]1c1cccc(OC)c1OCC(=O)O. The fraction of sp³-hybridized carbons (Fsp3) is 0.423. The summed E-state index contributed by atoms with van der Waals surface area (Å²) in [5.74, 6) is 0.169. The molecule has 0 unspecified atom stereocenters. The molecule has 5 nitrogen and oxygen atoms in total. The average molecular weight is 425 g/mol. The molecule has 0 radical (unpaired) electrons. The third-order valence-corrected chi connectivity index (χ3v) is 6.13. The number of benzene rings is 2. The number of methoxy groups -OCH3 is 1. The predicted octanol–water partition coefficient (Wildman–Crippen LogP) is 5.60. The molecule has 5 heteroatoms. The monoisotopic (exact) mass is 424 g/mol. The van der Waals surface area contributed by atoms with Gasteiger partial charge in [-0.05, 0) is 51.3 Å². The molecule has 3 rings (SSSR count). The molecule has 0 spiro atoms. The van der Waals surface area contributed by atoms with E-state index < -0.39 is 12.6 Å². The Kier molecular flexibility index (Phi) is 7.06. The summed E-state index contributed by atoms with van der Waals surface area (Å²) < 4.78 is 17.7. The first-order chi connectivity index (χ1) is 14.7. The first-order valence-electron chi connectivity index (χ1n) is 10.6. The van der Waals surface area contributed by atoms with Crippen molar-refractivity contribution < 1.29 is 24.1 Å². The van der Waals surface area contributed by atoms with Gasteiger partial charge in [-0.15, -0.1) is 0 Å². The van der Waals surface area contributed by atoms with E-state index in [-0.39, 0.29) is 24.0 Å². The van der Waals surface area contributed by atoms with Crippen molar-refractivity contribution in [3.63, 3.8) is 0 Å². The predicted molar refractivity (Wildman–Crippen MR) is 121 cm³/mol. The van der Waals surface area contributed by atoms with E-state index in [0.29, 0.717) is 11.5 Å². The van der Waals surface area contributed by atoms with Gasteiger partial charge in [0.1, 0.15) is 0 Å². The second-order valence-corrected chi connectivity index (χ2v) is 8.48. The topological polar surface area (TPSA) is 65.0 Å². The van der Waals surface area contributed by atoms with E-state index in [1.807, 2.05) is 19.1 Å². The summed E-state index contributed by atoms with van der Waals surface area (Å²) in [5.41, 5.74) is 5.64. The fourth-order valence-electron chi connectivity index (χ4n) is 4.59. The van der Waals surface area contributed by atoms with Crippen molar-refractivity contribution in [2.24, 2.45) is 5.92 Å². The van der Waals surface area contributed by atoms with Crippen LogP contribution in [-0.4, -0.2) is 30.9 Å². The number of ether oxygens (including phenoxy) is 3. The lowest BCUT2D eigenvalue weighted by Gasteiger charge is -2.42. The van der Waals surface area contributed by atoms with E-state index in [1.165, 1.54) is 16.7 Å². The van der Waals surface area contributed by atoms with Crippen molar-refractivity contribution >= 4 is 5.97 Å². The number of carbonyl (C=O) groups is 1. The Bertz CT molecular complexity index is 964. The summed E-state index contributed by atoms with van der Waals surface area (Å²) >= 11 is 0. The zero-order valence-corrected chi connectivity index (χ0v) is 19.0. The van der Waals surface area contributed by atoms with Crippen molar-refractivity contribution in [2.75, 3.05) is 13.7 Å². The van der Waals surface area contributed by atoms with E-state index in [9.17, 15) is 4.79 Å². The van der Waals surface area contributed by atoms with Gasteiger partial charge in [-0.1, -0.05) is 48.0 Å². The number of hydrogen-bond donors (Lipinski definition) is 1. The molecule has 0 bridgehead atoms. The molecule has 166 valence electrons. The number of aliphatic carboxylic acids is 1. The van der Waals surface area contributed by atoms with Gasteiger partial charge in [0.2, 0.25) is 0 Å². The minimum absolute atomic E-state index is 0.0273. The summed E-state index contributed by atoms with van der Waals surface area (Å²) in [7, 11) is 1.55. The Morgan fingerprint density at radius 1 is 1.23 bits per heavy atom. The van der Waals surface area contributed by atoms with E-state index >= 15 is 0 Å². The molecular formula is C26H32O5. The minimum Gasteiger partial charge on any atom is -0.493 e. The van der Waals surface area contributed by atoms with Crippen molar-refractivity contribution in [3.8, 4) is 11.5 Å². The van der Waals surface area contributed by atoms with Crippen LogP contribution in [0.15, 0.2) is 48.6 Å². The smallest absolute Gasteiger partial charge is 0.341 e. The van der Waals surface area contributed by atoms with Gasteiger partial charge < -0.3 is 19.3 Å². The second-order valence-electron chi connectivity index (χ2n) is 8.48. The highest BCUT2D eigenvalue weighted by Gasteiger charge is 2.40. The first-order valence-corrected chi connectivity index (χ1v) is 10.6. The van der Waals surface area contributed by atoms with E-state index in [0.717, 1.165) is 17.6 Å². The van der Waals surface area contributed by atoms with E-state index in [4.69, 9.17) is 19.3 Å². The molecule has 1 aliphatic rings. The van der Waals surface area contributed by atoms with Gasteiger partial charge in [-0.3, -0.25) is 0 Å². The highest BCUT2D eigenvalue weighted by molar-refractivity contribution is 5.69. The molecule has 1 heterocycles. The third kappa shape index (κ3) is 4.93. The largest absolute Gasteiger partial charge is 0.493 e. The van der Waals surface area contributed by atoms with E-state index in [2.05, 4.69) is 45.5 Å². The maximum atomic E-state index is 11.1. The van der Waals surface area contributed by atoms with Crippen molar-refractivity contribution in [1.29, 1.82) is 0 Å². The van der Waals surface area contributed by atoms with Crippen LogP contribution in [0.3, 0.4) is 0 Å². The Morgan fingerprint density at radius 3 is 2.58 bits per heavy atom. The van der Waals surface area contributed by atoms with Crippen LogP contribution in [0, 0.1) is 19.8 Å². The van der Waals surface area contributed by atoms with Crippen molar-refractivity contribution in [2.45, 2.75) is 52.2 Å². The lowest BCUT2D eigenvalue weighted by molar-refractivity contribution is -0.139. The van der Waals surface area contributed by atoms with E-state index in [1.54, 1.807) is 13.2 Å². The van der Waals surface area contributed by atoms with Crippen LogP contribution in [0.25, 0.3) is 0 Å². The quantitative estimate of drug-likeness (QED) is 0.586. The van der Waals surface area contributed by atoms with Crippen LogP contribution in [-0.2, 0) is 9.53 Å². The molecule has 1 aliphatic heterocycles. The zero-order valence-electron chi connectivity index (χ0n) is 19.0. The van der Waals surface area contributed by atoms with Crippen LogP contribution < -0.4 is 9.47 Å². The second kappa shape index (κ2) is 9.56. The molecular weight excluding hydrogens is 392 g/mol. The van der Waals surface area contributed by atoms with Gasteiger partial charge in [0.05, 0.1) is 19.3 Å². The number of aryl methyl sites for hydroxylation is 2. The van der Waals surface area contributed by atoms with Gasteiger partial charge in [0.15, 0.2) is 18.1 Å². The van der Waals surface area contributed by atoms with Gasteiger partial charge in [0, 0.05) is 17.4 Å². The Hall–Kier alpha value is -2.79. The molecule has 4 atom stereocenters. The number of para-hydroxylation sites is 1. The van der Waals surface area contributed by atoms with Gasteiger partial charge >= 0.3 is 5.97 Å². The number of rotatable bonds is 7. The lowest BCUT2D eigenvalue weighted by atomic mass is 9.75. The molecule has 0 aliphatic carbocycles. The molecule has 1 saturated heterocycles. The normalized spacial score (nSPS) is 23.3. The Morgan fingerprint density at radius 2 is 1.97 bits per heavy atom. The molecule has 1 fully saturated rings. The summed E-state index contributed by atoms with van der Waals surface area (Å²) in [6, 6.07) is 12.1. The molecule has 2 aromatic rings. The van der Waals surface area contributed by atoms with Gasteiger partial charge in [-0.25, -0.2) is 4.79 Å². The number of hydrogen-bond acceptors (Lipinski definition) is 4. The molecule has 2 aromatic carbocycles. The van der Waals surface area contributed by atoms with Crippen molar-refractivity contribution in [3.05, 3.63) is 70.8 Å². The number of carboxylic acids is 1. The average Bonchev–Trinajstić information content (AvgIpc) is 2.72. The lowest BCUT2D eigenvalue weighted by Crippen LogP contribution is -2.35. The number of carboxylic acid groups (broad SMARTS) is 1. The van der Waals surface area contributed by atoms with Crippen LogP contribution in [0.5, 0.6) is 11.5 Å². The first kappa shape index (κ1) is 22.9.